The molecule has 1 heteroatoms. The van der Waals surface area contributed by atoms with Crippen molar-refractivity contribution >= 4 is 6.71 Å². The summed E-state index contributed by atoms with van der Waals surface area (Å²) in [5, 5.41) is 0. The Morgan fingerprint density at radius 2 is 1.74 bits per heavy atom. The Balaban J connectivity index is 2.03. The van der Waals surface area contributed by atoms with Crippen molar-refractivity contribution in [1.29, 1.82) is 0 Å². The monoisotopic (exact) mass is 250 g/mol. The first-order chi connectivity index (χ1) is 9.40. The molecule has 1 aromatic rings. The standard InChI is InChI=1S/C18H23B/c1-2-14-19-17-12-6-10-16(11-7-13-17)18(19)15-8-4-3-5-9-15/h3-5,8-9,14,16-18H,1,6-7,10-13H2/t16?,17?,18-/m1/s1. The Labute approximate surface area is 117 Å². The minimum absolute atomic E-state index is 0.662. The first-order valence-corrected chi connectivity index (χ1v) is 7.81. The van der Waals surface area contributed by atoms with Crippen molar-refractivity contribution in [2.45, 2.75) is 50.2 Å². The van der Waals surface area contributed by atoms with Crippen molar-refractivity contribution in [2.75, 3.05) is 0 Å². The second-order valence-electron chi connectivity index (χ2n) is 6.27. The van der Waals surface area contributed by atoms with E-state index in [-0.39, 0.29) is 0 Å². The van der Waals surface area contributed by atoms with Crippen LogP contribution in [-0.2, 0) is 0 Å². The van der Waals surface area contributed by atoms with Gasteiger partial charge in [0.25, 0.3) is 0 Å². The SMILES string of the molecule is C=C=CB1C2CCCC(CCC2)[C@H]1c1ccccc1. The fourth-order valence-corrected chi connectivity index (χ4v) is 4.47. The predicted octanol–water partition coefficient (Wildman–Crippen LogP) is 5.04. The third-order valence-electron chi connectivity index (χ3n) is 5.26. The molecule has 0 saturated carbocycles. The van der Waals surface area contributed by atoms with Gasteiger partial charge < -0.3 is 0 Å². The molecule has 19 heavy (non-hydrogen) atoms. The van der Waals surface area contributed by atoms with E-state index in [4.69, 9.17) is 0 Å². The molecule has 2 heterocycles. The number of benzene rings is 1. The van der Waals surface area contributed by atoms with Gasteiger partial charge in [0.15, 0.2) is 6.71 Å². The molecule has 0 spiro atoms. The van der Waals surface area contributed by atoms with Crippen LogP contribution >= 0.6 is 0 Å². The van der Waals surface area contributed by atoms with Gasteiger partial charge in [-0.15, -0.1) is 5.73 Å². The van der Waals surface area contributed by atoms with E-state index in [1.807, 2.05) is 0 Å². The molecule has 0 aromatic heterocycles. The van der Waals surface area contributed by atoms with Crippen LogP contribution in [0, 0.1) is 5.92 Å². The van der Waals surface area contributed by atoms with Crippen LogP contribution in [-0.4, -0.2) is 6.71 Å². The molecule has 2 fully saturated rings. The average molecular weight is 250 g/mol. The van der Waals surface area contributed by atoms with E-state index in [1.165, 1.54) is 44.1 Å². The van der Waals surface area contributed by atoms with E-state index in [9.17, 15) is 0 Å². The van der Waals surface area contributed by atoms with Gasteiger partial charge in [0.2, 0.25) is 0 Å². The van der Waals surface area contributed by atoms with Crippen LogP contribution in [0.2, 0.25) is 5.82 Å². The van der Waals surface area contributed by atoms with Crippen LogP contribution in [0.15, 0.2) is 48.6 Å². The van der Waals surface area contributed by atoms with Crippen molar-refractivity contribution < 1.29 is 0 Å². The smallest absolute Gasteiger partial charge is 0.143 e. The highest BCUT2D eigenvalue weighted by Crippen LogP contribution is 2.47. The van der Waals surface area contributed by atoms with Crippen molar-refractivity contribution in [2.24, 2.45) is 5.92 Å². The predicted molar refractivity (Wildman–Crippen MR) is 83.6 cm³/mol. The lowest BCUT2D eigenvalue weighted by atomic mass is 9.31. The van der Waals surface area contributed by atoms with Crippen LogP contribution < -0.4 is 0 Å². The molecular weight excluding hydrogens is 227 g/mol. The van der Waals surface area contributed by atoms with E-state index >= 15 is 0 Å². The van der Waals surface area contributed by atoms with E-state index < -0.39 is 0 Å². The Morgan fingerprint density at radius 3 is 2.37 bits per heavy atom. The van der Waals surface area contributed by atoms with Crippen LogP contribution in [0.4, 0.5) is 0 Å². The Hall–Kier alpha value is -1.20. The van der Waals surface area contributed by atoms with Crippen molar-refractivity contribution in [3.63, 3.8) is 0 Å². The van der Waals surface area contributed by atoms with Gasteiger partial charge in [0.05, 0.1) is 0 Å². The highest BCUT2D eigenvalue weighted by Gasteiger charge is 2.41. The van der Waals surface area contributed by atoms with Gasteiger partial charge in [0.1, 0.15) is 0 Å². The minimum atomic E-state index is 0.662. The highest BCUT2D eigenvalue weighted by molar-refractivity contribution is 6.67. The van der Waals surface area contributed by atoms with E-state index in [1.54, 1.807) is 0 Å². The second-order valence-corrected chi connectivity index (χ2v) is 6.27. The molecule has 0 amide bonds. The quantitative estimate of drug-likeness (QED) is 0.509. The summed E-state index contributed by atoms with van der Waals surface area (Å²) in [7, 11) is 0. The number of fused-ring (bicyclic) bond motifs is 3. The topological polar surface area (TPSA) is 0 Å². The van der Waals surface area contributed by atoms with Gasteiger partial charge in [-0.1, -0.05) is 92.8 Å². The second kappa shape index (κ2) is 5.84. The Morgan fingerprint density at radius 1 is 1.05 bits per heavy atom. The molecule has 2 aliphatic rings. The normalized spacial score (nSPS) is 30.3. The fraction of sp³-hybridized carbons (Fsp3) is 0.500. The molecule has 0 aliphatic carbocycles. The molecule has 0 N–H and O–H groups in total. The molecule has 98 valence electrons. The Bertz CT molecular complexity index is 448. The van der Waals surface area contributed by atoms with Crippen LogP contribution in [0.1, 0.15) is 49.9 Å². The summed E-state index contributed by atoms with van der Waals surface area (Å²) in [6.07, 6.45) is 8.47. The van der Waals surface area contributed by atoms with Crippen molar-refractivity contribution in [3.8, 4) is 0 Å². The van der Waals surface area contributed by atoms with Gasteiger partial charge in [-0.3, -0.25) is 0 Å². The maximum absolute atomic E-state index is 3.85. The van der Waals surface area contributed by atoms with Crippen LogP contribution in [0.25, 0.3) is 0 Å². The molecule has 1 atom stereocenters. The number of hydrogen-bond acceptors (Lipinski definition) is 0. The number of hydrogen-bond donors (Lipinski definition) is 0. The highest BCUT2D eigenvalue weighted by atomic mass is 14.3. The van der Waals surface area contributed by atoms with Gasteiger partial charge in [-0.05, 0) is 11.7 Å². The fourth-order valence-electron chi connectivity index (χ4n) is 4.47. The van der Waals surface area contributed by atoms with Crippen molar-refractivity contribution in [3.05, 3.63) is 54.2 Å². The maximum atomic E-state index is 3.85. The number of rotatable bonds is 2. The Kier molecular flexibility index (Phi) is 3.94. The molecule has 0 nitrogen and oxygen atoms in total. The molecule has 2 saturated heterocycles. The van der Waals surface area contributed by atoms with E-state index in [0.29, 0.717) is 12.5 Å². The zero-order valence-electron chi connectivity index (χ0n) is 11.7. The first-order valence-electron chi connectivity index (χ1n) is 7.81. The van der Waals surface area contributed by atoms with Gasteiger partial charge in [-0.25, -0.2) is 0 Å². The molecule has 0 unspecified atom stereocenters. The first kappa shape index (κ1) is 12.8. The lowest BCUT2D eigenvalue weighted by molar-refractivity contribution is 0.392. The third kappa shape index (κ3) is 2.58. The van der Waals surface area contributed by atoms with Gasteiger partial charge in [-0.2, -0.15) is 0 Å². The van der Waals surface area contributed by atoms with E-state index in [0.717, 1.165) is 11.7 Å². The molecule has 1 aromatic carbocycles. The van der Waals surface area contributed by atoms with Crippen LogP contribution in [0.3, 0.4) is 0 Å². The lowest BCUT2D eigenvalue weighted by Crippen LogP contribution is -2.29. The summed E-state index contributed by atoms with van der Waals surface area (Å²) in [4.78, 5) is 0. The third-order valence-corrected chi connectivity index (χ3v) is 5.26. The largest absolute Gasteiger partial charge is 0.187 e. The van der Waals surface area contributed by atoms with E-state index in [2.05, 4.69) is 48.6 Å². The summed E-state index contributed by atoms with van der Waals surface area (Å²) in [6.45, 7) is 4.51. The average Bonchev–Trinajstić information content (AvgIpc) is 2.68. The maximum Gasteiger partial charge on any atom is 0.187 e. The molecule has 0 radical (unpaired) electrons. The summed E-state index contributed by atoms with van der Waals surface area (Å²) in [5.74, 6) is 4.70. The lowest BCUT2D eigenvalue weighted by Gasteiger charge is -2.28. The van der Waals surface area contributed by atoms with Crippen molar-refractivity contribution in [1.82, 2.24) is 0 Å². The zero-order valence-corrected chi connectivity index (χ0v) is 11.7. The summed E-state index contributed by atoms with van der Waals surface area (Å²) in [5.41, 5.74) is 4.64. The summed E-state index contributed by atoms with van der Waals surface area (Å²) >= 11 is 0. The molecule has 2 bridgehead atoms. The summed E-state index contributed by atoms with van der Waals surface area (Å²) in [6, 6.07) is 11.2. The van der Waals surface area contributed by atoms with Crippen LogP contribution in [0.5, 0.6) is 0 Å². The summed E-state index contributed by atoms with van der Waals surface area (Å²) < 4.78 is 0. The molecule has 2 aliphatic heterocycles. The van der Waals surface area contributed by atoms with Gasteiger partial charge >= 0.3 is 0 Å². The minimum Gasteiger partial charge on any atom is -0.143 e. The molecular formula is C18H23B. The van der Waals surface area contributed by atoms with Gasteiger partial charge in [0, 0.05) is 0 Å². The zero-order chi connectivity index (χ0) is 13.1. The molecule has 3 rings (SSSR count).